The van der Waals surface area contributed by atoms with E-state index in [0.29, 0.717) is 17.5 Å². The van der Waals surface area contributed by atoms with Crippen molar-refractivity contribution in [3.8, 4) is 45.3 Å². The van der Waals surface area contributed by atoms with Crippen molar-refractivity contribution >= 4 is 80.9 Å². The Hall–Kier alpha value is -7.21. The zero-order chi connectivity index (χ0) is 38.0. The highest BCUT2D eigenvalue weighted by molar-refractivity contribution is 7.26. The number of rotatable bonds is 6. The average Bonchev–Trinajstić information content (AvgIpc) is 3.81. The van der Waals surface area contributed by atoms with Gasteiger partial charge in [-0.3, -0.25) is 0 Å². The normalized spacial score (nSPS) is 11.9. The summed E-state index contributed by atoms with van der Waals surface area (Å²) in [6, 6.07) is 54.0. The Kier molecular flexibility index (Phi) is 7.69. The van der Waals surface area contributed by atoms with Gasteiger partial charge in [0.1, 0.15) is 11.3 Å². The summed E-state index contributed by atoms with van der Waals surface area (Å²) >= 11 is 1.80. The minimum atomic E-state index is 0.583. The fourth-order valence-electron chi connectivity index (χ4n) is 8.39. The standard InChI is InChI=1S/C52H33N3OS/c1-3-4-16-36-31(2)56-46-29-34(24-26-42(36)46)51-53-50(32-14-6-5-7-15-32)54-52(55-51)35-28-44(49-43-21-12-13-22-47(43)57-48(49)30-35)33-23-25-41-39-19-9-8-17-37(39)38-18-10-11-20-40(38)45(41)27-33/h3-30H,1H2,2H3/b16-4-. The van der Waals surface area contributed by atoms with Gasteiger partial charge in [-0.25, -0.2) is 15.0 Å². The molecule has 5 heteroatoms. The number of fused-ring (bicyclic) bond motifs is 10. The lowest BCUT2D eigenvalue weighted by Crippen LogP contribution is -2.00. The van der Waals surface area contributed by atoms with E-state index in [1.807, 2.05) is 55.5 Å². The number of aryl methyl sites for hydroxylation is 1. The molecule has 0 spiro atoms. The molecule has 0 aliphatic carbocycles. The second-order valence-corrected chi connectivity index (χ2v) is 15.5. The fraction of sp³-hybridized carbons (Fsp3) is 0.0192. The molecule has 4 nitrogen and oxygen atoms in total. The van der Waals surface area contributed by atoms with Gasteiger partial charge in [-0.2, -0.15) is 0 Å². The third-order valence-electron chi connectivity index (χ3n) is 11.0. The van der Waals surface area contributed by atoms with E-state index in [9.17, 15) is 0 Å². The van der Waals surface area contributed by atoms with Crippen molar-refractivity contribution in [3.05, 3.63) is 182 Å². The largest absolute Gasteiger partial charge is 0.461 e. The first kappa shape index (κ1) is 33.2. The monoisotopic (exact) mass is 747 g/mol. The molecule has 3 heterocycles. The lowest BCUT2D eigenvalue weighted by atomic mass is 9.90. The zero-order valence-electron chi connectivity index (χ0n) is 31.0. The number of benzene rings is 8. The van der Waals surface area contributed by atoms with E-state index in [2.05, 4.69) is 122 Å². The molecule has 0 atom stereocenters. The summed E-state index contributed by atoms with van der Waals surface area (Å²) in [7, 11) is 0. The van der Waals surface area contributed by atoms with Gasteiger partial charge >= 0.3 is 0 Å². The van der Waals surface area contributed by atoms with Crippen molar-refractivity contribution < 1.29 is 4.42 Å². The Labute approximate surface area is 332 Å². The highest BCUT2D eigenvalue weighted by Crippen LogP contribution is 2.45. The van der Waals surface area contributed by atoms with Crippen LogP contribution in [0.15, 0.2) is 175 Å². The Bertz CT molecular complexity index is 3410. The number of furan rings is 1. The molecule has 268 valence electrons. The summed E-state index contributed by atoms with van der Waals surface area (Å²) in [6.07, 6.45) is 5.74. The fourth-order valence-corrected chi connectivity index (χ4v) is 9.56. The Morgan fingerprint density at radius 2 is 1.07 bits per heavy atom. The van der Waals surface area contributed by atoms with Crippen LogP contribution in [0.5, 0.6) is 0 Å². The molecule has 0 saturated carbocycles. The van der Waals surface area contributed by atoms with E-state index >= 15 is 0 Å². The van der Waals surface area contributed by atoms with Gasteiger partial charge in [0.05, 0.1) is 0 Å². The number of thiophene rings is 1. The van der Waals surface area contributed by atoms with Gasteiger partial charge in [0.25, 0.3) is 0 Å². The topological polar surface area (TPSA) is 51.8 Å². The summed E-state index contributed by atoms with van der Waals surface area (Å²) in [4.78, 5) is 15.5. The van der Waals surface area contributed by atoms with Gasteiger partial charge in [0.2, 0.25) is 0 Å². The second kappa shape index (κ2) is 13.2. The number of nitrogens with zero attached hydrogens (tertiary/aromatic N) is 3. The van der Waals surface area contributed by atoms with E-state index in [4.69, 9.17) is 19.4 Å². The van der Waals surface area contributed by atoms with Crippen molar-refractivity contribution in [3.63, 3.8) is 0 Å². The Balaban J connectivity index is 1.16. The predicted octanol–water partition coefficient (Wildman–Crippen LogP) is 14.6. The maximum absolute atomic E-state index is 6.26. The number of hydrogen-bond acceptors (Lipinski definition) is 5. The predicted molar refractivity (Wildman–Crippen MR) is 241 cm³/mol. The SMILES string of the molecule is C=C/C=C\c1c(C)oc2cc(-c3nc(-c4ccccc4)nc(-c4cc(-c5ccc6c7ccccc7c7ccccc7c6c5)c5c(c4)sc4ccccc45)n3)ccc12. The van der Waals surface area contributed by atoms with Crippen molar-refractivity contribution in [2.75, 3.05) is 0 Å². The van der Waals surface area contributed by atoms with Gasteiger partial charge in [-0.15, -0.1) is 11.3 Å². The molecule has 0 saturated heterocycles. The molecule has 57 heavy (non-hydrogen) atoms. The van der Waals surface area contributed by atoms with Crippen LogP contribution in [-0.4, -0.2) is 15.0 Å². The van der Waals surface area contributed by atoms with E-state index in [1.165, 1.54) is 52.5 Å². The summed E-state index contributed by atoms with van der Waals surface area (Å²) in [5.74, 6) is 2.66. The minimum absolute atomic E-state index is 0.583. The Morgan fingerprint density at radius 3 is 1.79 bits per heavy atom. The molecule has 3 aromatic heterocycles. The van der Waals surface area contributed by atoms with Crippen molar-refractivity contribution in [1.82, 2.24) is 15.0 Å². The van der Waals surface area contributed by atoms with Crippen LogP contribution in [0.25, 0.3) is 115 Å². The van der Waals surface area contributed by atoms with Gasteiger partial charge in [0.15, 0.2) is 17.5 Å². The van der Waals surface area contributed by atoms with Crippen LogP contribution in [0.1, 0.15) is 11.3 Å². The molecule has 0 aliphatic rings. The van der Waals surface area contributed by atoms with Crippen LogP contribution >= 0.6 is 11.3 Å². The van der Waals surface area contributed by atoms with Crippen LogP contribution in [0.2, 0.25) is 0 Å². The molecule has 11 rings (SSSR count). The van der Waals surface area contributed by atoms with Crippen LogP contribution < -0.4 is 0 Å². The lowest BCUT2D eigenvalue weighted by molar-refractivity contribution is 0.577. The molecule has 0 radical (unpaired) electrons. The third kappa shape index (κ3) is 5.47. The zero-order valence-corrected chi connectivity index (χ0v) is 31.8. The summed E-state index contributed by atoms with van der Waals surface area (Å²) in [6.45, 7) is 5.82. The number of aromatic nitrogens is 3. The van der Waals surface area contributed by atoms with Gasteiger partial charge < -0.3 is 4.42 Å². The van der Waals surface area contributed by atoms with E-state index in [-0.39, 0.29) is 0 Å². The molecular formula is C52H33N3OS. The average molecular weight is 748 g/mol. The molecule has 0 bridgehead atoms. The first-order valence-corrected chi connectivity index (χ1v) is 19.9. The summed E-state index contributed by atoms with van der Waals surface area (Å²) < 4.78 is 8.68. The summed E-state index contributed by atoms with van der Waals surface area (Å²) in [5.41, 5.74) is 6.82. The molecule has 11 aromatic rings. The first-order chi connectivity index (χ1) is 28.1. The van der Waals surface area contributed by atoms with Gasteiger partial charge in [-0.05, 0) is 86.8 Å². The second-order valence-electron chi connectivity index (χ2n) is 14.4. The first-order valence-electron chi connectivity index (χ1n) is 19.0. The molecule has 0 amide bonds. The quantitative estimate of drug-likeness (QED) is 0.126. The highest BCUT2D eigenvalue weighted by Gasteiger charge is 2.20. The number of allylic oxidation sites excluding steroid dienone is 2. The molecule has 8 aromatic carbocycles. The molecule has 0 N–H and O–H groups in total. The van der Waals surface area contributed by atoms with E-state index in [0.717, 1.165) is 50.1 Å². The molecular weight excluding hydrogens is 715 g/mol. The van der Waals surface area contributed by atoms with Crippen molar-refractivity contribution in [2.45, 2.75) is 6.92 Å². The van der Waals surface area contributed by atoms with E-state index < -0.39 is 0 Å². The molecule has 0 fully saturated rings. The van der Waals surface area contributed by atoms with Crippen LogP contribution in [-0.2, 0) is 0 Å². The summed E-state index contributed by atoms with van der Waals surface area (Å²) in [5, 5.41) is 11.0. The van der Waals surface area contributed by atoms with Crippen LogP contribution in [0.4, 0.5) is 0 Å². The van der Waals surface area contributed by atoms with Crippen molar-refractivity contribution in [1.29, 1.82) is 0 Å². The smallest absolute Gasteiger partial charge is 0.164 e. The lowest BCUT2D eigenvalue weighted by Gasteiger charge is -2.14. The number of hydrogen-bond donors (Lipinski definition) is 0. The maximum Gasteiger partial charge on any atom is 0.164 e. The molecule has 0 aliphatic heterocycles. The minimum Gasteiger partial charge on any atom is -0.461 e. The van der Waals surface area contributed by atoms with Crippen LogP contribution in [0.3, 0.4) is 0 Å². The Morgan fingerprint density at radius 1 is 0.491 bits per heavy atom. The van der Waals surface area contributed by atoms with Crippen LogP contribution in [0, 0.1) is 6.92 Å². The van der Waals surface area contributed by atoms with Gasteiger partial charge in [-0.1, -0.05) is 140 Å². The van der Waals surface area contributed by atoms with Crippen molar-refractivity contribution in [2.24, 2.45) is 0 Å². The van der Waals surface area contributed by atoms with E-state index in [1.54, 1.807) is 17.4 Å². The molecule has 0 unspecified atom stereocenters. The highest BCUT2D eigenvalue weighted by atomic mass is 32.1. The van der Waals surface area contributed by atoms with Gasteiger partial charge in [0, 0.05) is 47.8 Å². The maximum atomic E-state index is 6.26. The third-order valence-corrected chi connectivity index (χ3v) is 12.1.